The largest absolute Gasteiger partial charge is 0.417 e. The van der Waals surface area contributed by atoms with Gasteiger partial charge in [0.15, 0.2) is 8.32 Å². The van der Waals surface area contributed by atoms with Crippen molar-refractivity contribution in [1.82, 2.24) is 0 Å². The van der Waals surface area contributed by atoms with Crippen molar-refractivity contribution >= 4 is 16.9 Å². The average Bonchev–Trinajstić information content (AvgIpc) is 2.17. The zero-order valence-electron chi connectivity index (χ0n) is 12.0. The highest BCUT2D eigenvalue weighted by Crippen LogP contribution is 2.26. The Labute approximate surface area is 109 Å². The Hall–Kier alpha value is 0.0538. The fourth-order valence-electron chi connectivity index (χ4n) is 2.27. The van der Waals surface area contributed by atoms with Gasteiger partial charge < -0.3 is 13.3 Å². The molecule has 0 heterocycles. The van der Waals surface area contributed by atoms with E-state index >= 15 is 0 Å². The third kappa shape index (κ3) is 6.52. The van der Waals surface area contributed by atoms with Gasteiger partial charge in [0.25, 0.3) is 0 Å². The third-order valence-corrected chi connectivity index (χ3v) is 12.2. The molecule has 0 saturated carbocycles. The number of hydrogen-bond donors (Lipinski definition) is 0. The van der Waals surface area contributed by atoms with Gasteiger partial charge in [-0.05, 0) is 39.9 Å². The Morgan fingerprint density at radius 3 is 1.76 bits per heavy atom. The highest BCUT2D eigenvalue weighted by atomic mass is 28.4. The molecular formula is C12H28O3Si2. The Bertz CT molecular complexity index is 218. The van der Waals surface area contributed by atoms with Crippen LogP contribution in [-0.2, 0) is 13.3 Å². The zero-order chi connectivity index (χ0) is 13.4. The van der Waals surface area contributed by atoms with E-state index in [4.69, 9.17) is 13.3 Å². The highest BCUT2D eigenvalue weighted by Gasteiger charge is 2.42. The van der Waals surface area contributed by atoms with E-state index in [2.05, 4.69) is 26.6 Å². The van der Waals surface area contributed by atoms with Crippen LogP contribution in [0.15, 0.2) is 12.7 Å². The molecule has 3 nitrogen and oxygen atoms in total. The maximum absolute atomic E-state index is 6.00. The predicted molar refractivity (Wildman–Crippen MR) is 77.9 cm³/mol. The molecule has 0 N–H and O–H groups in total. The van der Waals surface area contributed by atoms with E-state index in [1.807, 2.05) is 19.9 Å². The second-order valence-electron chi connectivity index (χ2n) is 4.55. The molecule has 0 aromatic heterocycles. The maximum Gasteiger partial charge on any atom is 0.334 e. The molecule has 0 radical (unpaired) electrons. The molecule has 0 aromatic carbocycles. The molecule has 0 spiro atoms. The third-order valence-electron chi connectivity index (χ3n) is 2.66. The van der Waals surface area contributed by atoms with Gasteiger partial charge in [0.1, 0.15) is 0 Å². The average molecular weight is 277 g/mol. The monoisotopic (exact) mass is 276 g/mol. The smallest absolute Gasteiger partial charge is 0.334 e. The van der Waals surface area contributed by atoms with E-state index in [1.54, 1.807) is 0 Å². The lowest BCUT2D eigenvalue weighted by molar-refractivity contribution is 0.190. The van der Waals surface area contributed by atoms with Crippen molar-refractivity contribution in [2.75, 3.05) is 19.8 Å². The van der Waals surface area contributed by atoms with E-state index in [0.717, 1.165) is 18.3 Å². The molecule has 0 aliphatic carbocycles. The van der Waals surface area contributed by atoms with Gasteiger partial charge in [-0.3, -0.25) is 0 Å². The molecule has 0 bridgehead atoms. The van der Waals surface area contributed by atoms with Gasteiger partial charge >= 0.3 is 8.56 Å². The molecule has 5 heteroatoms. The van der Waals surface area contributed by atoms with E-state index < -0.39 is 16.9 Å². The van der Waals surface area contributed by atoms with Gasteiger partial charge in [0.2, 0.25) is 0 Å². The summed E-state index contributed by atoms with van der Waals surface area (Å²) in [5, 5.41) is 0. The predicted octanol–water partition coefficient (Wildman–Crippen LogP) is 3.47. The van der Waals surface area contributed by atoms with Crippen LogP contribution in [0.25, 0.3) is 0 Å². The molecule has 0 rings (SSSR count). The molecule has 0 aromatic rings. The molecule has 17 heavy (non-hydrogen) atoms. The standard InChI is InChI=1S/C12H28O3Si2/c1-7-11-16(5,13-8-2)12-17(6,14-9-3)15-10-4/h7H,1,8-12H2,2-6H3. The first-order valence-electron chi connectivity index (χ1n) is 6.48. The fourth-order valence-corrected chi connectivity index (χ4v) is 12.2. The highest BCUT2D eigenvalue weighted by molar-refractivity contribution is 6.88. The number of hydrogen-bond acceptors (Lipinski definition) is 3. The van der Waals surface area contributed by atoms with Gasteiger partial charge in [-0.2, -0.15) is 0 Å². The molecule has 0 aliphatic rings. The topological polar surface area (TPSA) is 27.7 Å². The van der Waals surface area contributed by atoms with Crippen LogP contribution in [0.5, 0.6) is 0 Å². The van der Waals surface area contributed by atoms with Crippen molar-refractivity contribution in [2.45, 2.75) is 45.6 Å². The number of rotatable bonds is 10. The summed E-state index contributed by atoms with van der Waals surface area (Å²) in [5.41, 5.74) is 0.974. The van der Waals surface area contributed by atoms with Crippen molar-refractivity contribution in [3.05, 3.63) is 12.7 Å². The summed E-state index contributed by atoms with van der Waals surface area (Å²) >= 11 is 0. The SMILES string of the molecule is C=CC[Si](C)(C[Si](C)(OCC)OCC)OCC. The van der Waals surface area contributed by atoms with Crippen molar-refractivity contribution < 1.29 is 13.3 Å². The summed E-state index contributed by atoms with van der Waals surface area (Å²) in [7, 11) is -3.84. The first-order chi connectivity index (χ1) is 7.95. The molecule has 0 aliphatic heterocycles. The van der Waals surface area contributed by atoms with Crippen LogP contribution in [-0.4, -0.2) is 36.7 Å². The fraction of sp³-hybridized carbons (Fsp3) is 0.833. The van der Waals surface area contributed by atoms with E-state index in [1.165, 1.54) is 0 Å². The van der Waals surface area contributed by atoms with Crippen LogP contribution < -0.4 is 0 Å². The van der Waals surface area contributed by atoms with Gasteiger partial charge in [-0.1, -0.05) is 6.08 Å². The molecule has 1 atom stereocenters. The van der Waals surface area contributed by atoms with Crippen molar-refractivity contribution in [1.29, 1.82) is 0 Å². The molecule has 0 saturated heterocycles. The second kappa shape index (κ2) is 8.21. The summed E-state index contributed by atoms with van der Waals surface area (Å²) in [6.45, 7) is 16.5. The van der Waals surface area contributed by atoms with Gasteiger partial charge in [0.05, 0.1) is 0 Å². The molecule has 0 amide bonds. The van der Waals surface area contributed by atoms with Crippen LogP contribution in [0.4, 0.5) is 0 Å². The number of allylic oxidation sites excluding steroid dienone is 1. The first-order valence-corrected chi connectivity index (χ1v) is 11.8. The summed E-state index contributed by atoms with van der Waals surface area (Å²) in [5.74, 6) is 0. The quantitative estimate of drug-likeness (QED) is 0.452. The Morgan fingerprint density at radius 1 is 0.941 bits per heavy atom. The maximum atomic E-state index is 6.00. The lowest BCUT2D eigenvalue weighted by Crippen LogP contribution is -2.49. The van der Waals surface area contributed by atoms with Crippen LogP contribution >= 0.6 is 0 Å². The first kappa shape index (κ1) is 17.1. The van der Waals surface area contributed by atoms with Crippen LogP contribution in [0.3, 0.4) is 0 Å². The summed E-state index contributed by atoms with van der Waals surface area (Å²) < 4.78 is 17.8. The van der Waals surface area contributed by atoms with Crippen molar-refractivity contribution in [3.8, 4) is 0 Å². The van der Waals surface area contributed by atoms with Crippen LogP contribution in [0.1, 0.15) is 20.8 Å². The minimum Gasteiger partial charge on any atom is -0.417 e. The molecular weight excluding hydrogens is 248 g/mol. The molecule has 1 unspecified atom stereocenters. The Morgan fingerprint density at radius 2 is 1.41 bits per heavy atom. The minimum atomic E-state index is -2.07. The van der Waals surface area contributed by atoms with Gasteiger partial charge in [-0.15, -0.1) is 6.58 Å². The normalized spacial score (nSPS) is 15.6. The van der Waals surface area contributed by atoms with Gasteiger partial charge in [0, 0.05) is 25.5 Å². The summed E-state index contributed by atoms with van der Waals surface area (Å²) in [6.07, 6.45) is 1.97. The Balaban J connectivity index is 4.70. The van der Waals surface area contributed by atoms with Crippen molar-refractivity contribution in [2.24, 2.45) is 0 Å². The second-order valence-corrected chi connectivity index (χ2v) is 12.4. The van der Waals surface area contributed by atoms with E-state index in [9.17, 15) is 0 Å². The zero-order valence-corrected chi connectivity index (χ0v) is 14.0. The lowest BCUT2D eigenvalue weighted by atomic mass is 10.8. The lowest BCUT2D eigenvalue weighted by Gasteiger charge is -2.34. The van der Waals surface area contributed by atoms with Crippen LogP contribution in [0.2, 0.25) is 24.8 Å². The van der Waals surface area contributed by atoms with Crippen molar-refractivity contribution in [3.63, 3.8) is 0 Å². The van der Waals surface area contributed by atoms with E-state index in [0.29, 0.717) is 13.2 Å². The van der Waals surface area contributed by atoms with Gasteiger partial charge in [-0.25, -0.2) is 0 Å². The Kier molecular flexibility index (Phi) is 8.23. The molecule has 102 valence electrons. The summed E-state index contributed by atoms with van der Waals surface area (Å²) in [4.78, 5) is 0. The van der Waals surface area contributed by atoms with Crippen LogP contribution in [0, 0.1) is 0 Å². The van der Waals surface area contributed by atoms with E-state index in [-0.39, 0.29) is 0 Å². The summed E-state index contributed by atoms with van der Waals surface area (Å²) in [6, 6.07) is 0.962. The minimum absolute atomic E-state index is 0.716. The molecule has 0 fully saturated rings.